The maximum atomic E-state index is 11.2. The van der Waals surface area contributed by atoms with Crippen LogP contribution in [0, 0.1) is 0 Å². The largest absolute Gasteiger partial charge is 0.465 e. The first-order chi connectivity index (χ1) is 15.7. The van der Waals surface area contributed by atoms with Gasteiger partial charge < -0.3 is 24.8 Å². The Kier molecular flexibility index (Phi) is 5.20. The van der Waals surface area contributed by atoms with Crippen molar-refractivity contribution in [3.05, 3.63) is 66.9 Å². The first kappa shape index (κ1) is 19.7. The van der Waals surface area contributed by atoms with Crippen LogP contribution in [0.3, 0.4) is 0 Å². The fraction of sp³-hybridized carbons (Fsp3) is 0.174. The van der Waals surface area contributed by atoms with Gasteiger partial charge in [-0.2, -0.15) is 5.10 Å². The number of hydrogen-bond donors (Lipinski definition) is 3. The van der Waals surface area contributed by atoms with Crippen LogP contribution in [0.2, 0.25) is 0 Å². The minimum atomic E-state index is -0.911. The Hall–Kier alpha value is -4.27. The molecule has 4 aromatic rings. The summed E-state index contributed by atoms with van der Waals surface area (Å²) in [6, 6.07) is 18.7. The number of nitrogens with zero attached hydrogens (tertiary/aromatic N) is 3. The molecule has 1 saturated heterocycles. The summed E-state index contributed by atoms with van der Waals surface area (Å²) in [6.07, 6.45) is 1.44. The van der Waals surface area contributed by atoms with E-state index >= 15 is 0 Å². The molecule has 2 aromatic carbocycles. The van der Waals surface area contributed by atoms with Crippen LogP contribution in [0.15, 0.2) is 66.9 Å². The van der Waals surface area contributed by atoms with Crippen LogP contribution in [0.4, 0.5) is 10.6 Å². The molecule has 0 bridgehead atoms. The molecular weight excluding hydrogens is 410 g/mol. The third-order valence-corrected chi connectivity index (χ3v) is 5.25. The normalized spacial score (nSPS) is 15.6. The summed E-state index contributed by atoms with van der Waals surface area (Å²) in [6.45, 7) is 0.900. The average Bonchev–Trinajstić information content (AvgIpc) is 3.44. The van der Waals surface area contributed by atoms with Crippen LogP contribution in [0.1, 0.15) is 6.42 Å². The molecule has 1 fully saturated rings. The van der Waals surface area contributed by atoms with Gasteiger partial charge in [0.05, 0.1) is 0 Å². The van der Waals surface area contributed by atoms with Gasteiger partial charge in [0, 0.05) is 31.4 Å². The Balaban J connectivity index is 1.33. The molecule has 32 heavy (non-hydrogen) atoms. The summed E-state index contributed by atoms with van der Waals surface area (Å²) in [5, 5.41) is 20.4. The van der Waals surface area contributed by atoms with E-state index in [2.05, 4.69) is 20.5 Å². The molecule has 9 heteroatoms. The van der Waals surface area contributed by atoms with Gasteiger partial charge in [-0.3, -0.25) is 5.10 Å². The second-order valence-electron chi connectivity index (χ2n) is 7.45. The van der Waals surface area contributed by atoms with E-state index in [1.165, 1.54) is 4.90 Å². The Morgan fingerprint density at radius 3 is 2.47 bits per heavy atom. The number of aromatic amines is 1. The maximum Gasteiger partial charge on any atom is 0.407 e. The number of pyridine rings is 1. The van der Waals surface area contributed by atoms with E-state index in [-0.39, 0.29) is 6.04 Å². The molecular formula is C23H21N5O4. The number of para-hydroxylation sites is 1. The molecule has 3 heterocycles. The predicted octanol–water partition coefficient (Wildman–Crippen LogP) is 4.71. The number of hydrogen-bond acceptors (Lipinski definition) is 6. The zero-order valence-corrected chi connectivity index (χ0v) is 17.1. The Morgan fingerprint density at radius 1 is 1.03 bits per heavy atom. The molecule has 0 radical (unpaired) electrons. The van der Waals surface area contributed by atoms with Crippen molar-refractivity contribution >= 4 is 22.9 Å². The van der Waals surface area contributed by atoms with E-state index in [0.29, 0.717) is 53.6 Å². The highest BCUT2D eigenvalue weighted by molar-refractivity contribution is 5.93. The molecule has 1 aliphatic rings. The number of fused-ring (bicyclic) bond motifs is 1. The molecule has 2 aromatic heterocycles. The number of anilines is 1. The highest BCUT2D eigenvalue weighted by Gasteiger charge is 2.27. The van der Waals surface area contributed by atoms with Gasteiger partial charge in [-0.05, 0) is 42.8 Å². The molecule has 0 aliphatic carbocycles. The quantitative estimate of drug-likeness (QED) is 0.405. The molecule has 5 rings (SSSR count). The molecule has 1 aliphatic heterocycles. The van der Waals surface area contributed by atoms with E-state index in [4.69, 9.17) is 9.47 Å². The van der Waals surface area contributed by atoms with E-state index in [0.717, 1.165) is 5.75 Å². The Labute approximate surface area is 183 Å². The third-order valence-electron chi connectivity index (χ3n) is 5.25. The van der Waals surface area contributed by atoms with Crippen molar-refractivity contribution < 1.29 is 19.4 Å². The van der Waals surface area contributed by atoms with Crippen LogP contribution in [0.25, 0.3) is 11.0 Å². The van der Waals surface area contributed by atoms with Crippen molar-refractivity contribution in [2.45, 2.75) is 12.5 Å². The second-order valence-corrected chi connectivity index (χ2v) is 7.45. The molecule has 162 valence electrons. The van der Waals surface area contributed by atoms with Crippen LogP contribution in [-0.4, -0.2) is 50.4 Å². The highest BCUT2D eigenvalue weighted by atomic mass is 16.5. The van der Waals surface area contributed by atoms with Gasteiger partial charge >= 0.3 is 6.09 Å². The van der Waals surface area contributed by atoms with Crippen molar-refractivity contribution in [3.8, 4) is 23.0 Å². The van der Waals surface area contributed by atoms with Gasteiger partial charge in [0.15, 0.2) is 11.5 Å². The van der Waals surface area contributed by atoms with Crippen LogP contribution in [-0.2, 0) is 0 Å². The Bertz CT molecular complexity index is 1230. The predicted molar refractivity (Wildman–Crippen MR) is 119 cm³/mol. The van der Waals surface area contributed by atoms with Gasteiger partial charge in [0.1, 0.15) is 28.4 Å². The zero-order chi connectivity index (χ0) is 21.9. The smallest absolute Gasteiger partial charge is 0.407 e. The number of benzene rings is 2. The lowest BCUT2D eigenvalue weighted by Gasteiger charge is -2.14. The lowest BCUT2D eigenvalue weighted by Crippen LogP contribution is -2.30. The monoisotopic (exact) mass is 431 g/mol. The number of ether oxygens (including phenoxy) is 2. The van der Waals surface area contributed by atoms with Crippen molar-refractivity contribution in [2.75, 3.05) is 18.4 Å². The van der Waals surface area contributed by atoms with Crippen molar-refractivity contribution in [1.82, 2.24) is 20.1 Å². The minimum absolute atomic E-state index is 0.0277. The number of likely N-dealkylation sites (tertiary alicyclic amines) is 1. The van der Waals surface area contributed by atoms with Gasteiger partial charge in [0.2, 0.25) is 0 Å². The van der Waals surface area contributed by atoms with Gasteiger partial charge in [-0.25, -0.2) is 9.78 Å². The fourth-order valence-corrected chi connectivity index (χ4v) is 3.68. The van der Waals surface area contributed by atoms with Gasteiger partial charge in [0.25, 0.3) is 0 Å². The number of nitrogens with one attached hydrogen (secondary N) is 2. The number of aromatic nitrogens is 3. The minimum Gasteiger partial charge on any atom is -0.465 e. The lowest BCUT2D eigenvalue weighted by molar-refractivity contribution is 0.155. The number of rotatable bonds is 6. The van der Waals surface area contributed by atoms with E-state index in [1.54, 1.807) is 12.3 Å². The molecule has 1 unspecified atom stereocenters. The molecule has 3 N–H and O–H groups in total. The summed E-state index contributed by atoms with van der Waals surface area (Å²) < 4.78 is 11.9. The summed E-state index contributed by atoms with van der Waals surface area (Å²) in [5.74, 6) is 3.29. The second kappa shape index (κ2) is 8.46. The van der Waals surface area contributed by atoms with Crippen LogP contribution >= 0.6 is 0 Å². The summed E-state index contributed by atoms with van der Waals surface area (Å²) in [4.78, 5) is 16.9. The first-order valence-corrected chi connectivity index (χ1v) is 10.2. The molecule has 1 atom stereocenters. The summed E-state index contributed by atoms with van der Waals surface area (Å²) in [5.41, 5.74) is 0.585. The standard InChI is InChI=1S/C23H21N5O4/c29-23(30)28-13-11-15(14-28)25-22-20-19(10-12-24-21(20)26-27-22)32-18-8-6-17(7-9-18)31-16-4-2-1-3-5-16/h1-10,12,15H,11,13-14H2,(H,29,30)(H2,24,25,26,27). The zero-order valence-electron chi connectivity index (χ0n) is 17.1. The van der Waals surface area contributed by atoms with Crippen molar-refractivity contribution in [2.24, 2.45) is 0 Å². The van der Waals surface area contributed by atoms with E-state index in [1.807, 2.05) is 54.6 Å². The van der Waals surface area contributed by atoms with Crippen LogP contribution < -0.4 is 14.8 Å². The van der Waals surface area contributed by atoms with Gasteiger partial charge in [-0.1, -0.05) is 18.2 Å². The summed E-state index contributed by atoms with van der Waals surface area (Å²) in [7, 11) is 0. The number of carboxylic acid groups (broad SMARTS) is 1. The average molecular weight is 431 g/mol. The first-order valence-electron chi connectivity index (χ1n) is 10.2. The van der Waals surface area contributed by atoms with Crippen molar-refractivity contribution in [1.29, 1.82) is 0 Å². The maximum absolute atomic E-state index is 11.2. The number of amides is 1. The fourth-order valence-electron chi connectivity index (χ4n) is 3.68. The van der Waals surface area contributed by atoms with Crippen molar-refractivity contribution in [3.63, 3.8) is 0 Å². The lowest BCUT2D eigenvalue weighted by atomic mass is 10.2. The molecule has 9 nitrogen and oxygen atoms in total. The topological polar surface area (TPSA) is 113 Å². The molecule has 0 saturated carbocycles. The number of carbonyl (C=O) groups is 1. The highest BCUT2D eigenvalue weighted by Crippen LogP contribution is 2.34. The third kappa shape index (κ3) is 4.13. The van der Waals surface area contributed by atoms with E-state index < -0.39 is 6.09 Å². The SMILES string of the molecule is O=C(O)N1CCC(Nc2n[nH]c3nccc(Oc4ccc(Oc5ccccc5)cc4)c23)C1. The summed E-state index contributed by atoms with van der Waals surface area (Å²) >= 11 is 0. The Morgan fingerprint density at radius 2 is 1.75 bits per heavy atom. The van der Waals surface area contributed by atoms with E-state index in [9.17, 15) is 9.90 Å². The molecule has 0 spiro atoms. The molecule has 1 amide bonds. The van der Waals surface area contributed by atoms with Gasteiger partial charge in [-0.15, -0.1) is 0 Å². The number of H-pyrrole nitrogens is 1. The van der Waals surface area contributed by atoms with Crippen LogP contribution in [0.5, 0.6) is 23.0 Å².